The van der Waals surface area contributed by atoms with E-state index in [9.17, 15) is 12.8 Å². The van der Waals surface area contributed by atoms with Crippen LogP contribution in [0.15, 0.2) is 59.1 Å². The standard InChI is InChI=1S/C26H34FN5O2S/c1-4-5-8-19(13-17(2)3)31-35(33,34)21-15-29-26(30-16-21)25-24(28)22-12-11-18(27)14-23(22)32(25)20-9-6-7-10-20/h4,11-12,14-15,19-20,31H,1-2,5-10,13,16,28H2,3H3,(H,29,30). The summed E-state index contributed by atoms with van der Waals surface area (Å²) in [7, 11) is -3.75. The van der Waals surface area contributed by atoms with Crippen molar-refractivity contribution in [3.05, 3.63) is 65.6 Å². The maximum Gasteiger partial charge on any atom is 0.240 e. The third kappa shape index (κ3) is 5.36. The molecule has 2 aliphatic rings. The van der Waals surface area contributed by atoms with Crippen LogP contribution in [0.25, 0.3) is 10.9 Å². The van der Waals surface area contributed by atoms with Crippen molar-refractivity contribution in [1.29, 1.82) is 0 Å². The summed E-state index contributed by atoms with van der Waals surface area (Å²) in [5.41, 5.74) is 9.38. The molecule has 1 atom stereocenters. The zero-order chi connectivity index (χ0) is 25.2. The van der Waals surface area contributed by atoms with Gasteiger partial charge in [-0.1, -0.05) is 24.5 Å². The van der Waals surface area contributed by atoms with E-state index in [0.717, 1.165) is 42.2 Å². The number of hydrogen-bond acceptors (Lipinski definition) is 5. The van der Waals surface area contributed by atoms with E-state index in [-0.39, 0.29) is 29.4 Å². The molecule has 1 unspecified atom stereocenters. The van der Waals surface area contributed by atoms with Crippen LogP contribution >= 0.6 is 0 Å². The topological polar surface area (TPSA) is 102 Å². The predicted molar refractivity (Wildman–Crippen MR) is 141 cm³/mol. The normalized spacial score (nSPS) is 17.7. The minimum atomic E-state index is -3.75. The van der Waals surface area contributed by atoms with E-state index in [1.54, 1.807) is 12.1 Å². The minimum Gasteiger partial charge on any atom is -0.396 e. The van der Waals surface area contributed by atoms with Crippen molar-refractivity contribution in [2.45, 2.75) is 64.0 Å². The first-order chi connectivity index (χ1) is 16.7. The van der Waals surface area contributed by atoms with Gasteiger partial charge in [0.1, 0.15) is 11.5 Å². The van der Waals surface area contributed by atoms with Crippen molar-refractivity contribution in [2.24, 2.45) is 4.99 Å². The van der Waals surface area contributed by atoms with Crippen molar-refractivity contribution in [2.75, 3.05) is 12.3 Å². The summed E-state index contributed by atoms with van der Waals surface area (Å²) in [6, 6.07) is 4.54. The Kier molecular flexibility index (Phi) is 7.47. The van der Waals surface area contributed by atoms with Crippen molar-refractivity contribution in [3.8, 4) is 0 Å². The van der Waals surface area contributed by atoms with Gasteiger partial charge < -0.3 is 15.6 Å². The number of nitrogens with one attached hydrogen (secondary N) is 2. The van der Waals surface area contributed by atoms with Crippen LogP contribution in [0.1, 0.15) is 63.6 Å². The van der Waals surface area contributed by atoms with Gasteiger partial charge in [-0.25, -0.2) is 17.5 Å². The largest absolute Gasteiger partial charge is 0.396 e. The molecule has 1 aliphatic carbocycles. The molecule has 4 N–H and O–H groups in total. The lowest BCUT2D eigenvalue weighted by Gasteiger charge is -2.23. The van der Waals surface area contributed by atoms with E-state index in [1.807, 2.05) is 6.92 Å². The lowest BCUT2D eigenvalue weighted by molar-refractivity contribution is 0.528. The molecule has 1 fully saturated rings. The Morgan fingerprint density at radius 1 is 1.40 bits per heavy atom. The number of halogens is 1. The van der Waals surface area contributed by atoms with E-state index in [1.165, 1.54) is 18.3 Å². The lowest BCUT2D eigenvalue weighted by atomic mass is 10.1. The smallest absolute Gasteiger partial charge is 0.240 e. The van der Waals surface area contributed by atoms with Gasteiger partial charge in [-0.15, -0.1) is 13.2 Å². The zero-order valence-electron chi connectivity index (χ0n) is 20.2. The van der Waals surface area contributed by atoms with E-state index >= 15 is 0 Å². The molecule has 0 saturated heterocycles. The highest BCUT2D eigenvalue weighted by atomic mass is 32.2. The van der Waals surface area contributed by atoms with Crippen LogP contribution in [-0.2, 0) is 10.0 Å². The number of benzene rings is 1. The molecule has 1 saturated carbocycles. The maximum absolute atomic E-state index is 14.1. The molecule has 9 heteroatoms. The zero-order valence-corrected chi connectivity index (χ0v) is 21.0. The molecule has 2 aromatic rings. The molecule has 7 nitrogen and oxygen atoms in total. The number of sulfonamides is 1. The molecule has 1 aromatic carbocycles. The fourth-order valence-corrected chi connectivity index (χ4v) is 6.27. The Balaban J connectivity index is 1.61. The van der Waals surface area contributed by atoms with Gasteiger partial charge in [0.15, 0.2) is 5.84 Å². The Labute approximate surface area is 206 Å². The van der Waals surface area contributed by atoms with E-state index in [4.69, 9.17) is 5.73 Å². The SMILES string of the molecule is C=CCCC(CC(=C)C)NS(=O)(=O)C1=CNC(c2c(N)c3ccc(F)cc3n2C2CCCC2)=NC1. The molecule has 35 heavy (non-hydrogen) atoms. The molecule has 0 spiro atoms. The van der Waals surface area contributed by atoms with Gasteiger partial charge >= 0.3 is 0 Å². The minimum absolute atomic E-state index is 0.0150. The number of nitrogens with zero attached hydrogens (tertiary/aromatic N) is 2. The molecule has 0 radical (unpaired) electrons. The lowest BCUT2D eigenvalue weighted by Crippen LogP contribution is -2.38. The number of amidine groups is 1. The fourth-order valence-electron chi connectivity index (χ4n) is 5.03. The maximum atomic E-state index is 14.1. The summed E-state index contributed by atoms with van der Waals surface area (Å²) < 4.78 is 45.2. The second kappa shape index (κ2) is 10.4. The molecular formula is C26H34FN5O2S. The quantitative estimate of drug-likeness (QED) is 0.405. The molecule has 0 bridgehead atoms. The molecule has 188 valence electrons. The van der Waals surface area contributed by atoms with Gasteiger partial charge in [-0.3, -0.25) is 4.99 Å². The number of aromatic nitrogens is 1. The summed E-state index contributed by atoms with van der Waals surface area (Å²) in [4.78, 5) is 4.73. The van der Waals surface area contributed by atoms with Crippen molar-refractivity contribution in [1.82, 2.24) is 14.6 Å². The predicted octanol–water partition coefficient (Wildman–Crippen LogP) is 4.89. The number of hydrogen-bond donors (Lipinski definition) is 3. The van der Waals surface area contributed by atoms with Gasteiger partial charge in [-0.05, 0) is 57.2 Å². The van der Waals surface area contributed by atoms with Crippen LogP contribution in [0.4, 0.5) is 10.1 Å². The second-order valence-corrected chi connectivity index (χ2v) is 11.3. The number of fused-ring (bicyclic) bond motifs is 1. The van der Waals surface area contributed by atoms with Gasteiger partial charge in [0.2, 0.25) is 10.0 Å². The number of allylic oxidation sites excluding steroid dienone is 1. The summed E-state index contributed by atoms with van der Waals surface area (Å²) in [5.74, 6) is 0.176. The monoisotopic (exact) mass is 499 g/mol. The summed E-state index contributed by atoms with van der Waals surface area (Å²) >= 11 is 0. The summed E-state index contributed by atoms with van der Waals surface area (Å²) in [6.07, 6.45) is 9.31. The Bertz CT molecular complexity index is 1300. The molecule has 2 heterocycles. The molecule has 1 aromatic heterocycles. The van der Waals surface area contributed by atoms with Crippen molar-refractivity contribution < 1.29 is 12.8 Å². The van der Waals surface area contributed by atoms with Crippen molar-refractivity contribution >= 4 is 32.4 Å². The number of rotatable bonds is 10. The Morgan fingerprint density at radius 3 is 2.77 bits per heavy atom. The average molecular weight is 500 g/mol. The fraction of sp³-hybridized carbons (Fsp3) is 0.423. The van der Waals surface area contributed by atoms with Crippen LogP contribution in [-0.4, -0.2) is 31.4 Å². The van der Waals surface area contributed by atoms with Crippen LogP contribution in [0.3, 0.4) is 0 Å². The van der Waals surface area contributed by atoms with Crippen LogP contribution in [0.2, 0.25) is 0 Å². The number of nitrogen functional groups attached to an aromatic ring is 1. The number of anilines is 1. The number of aliphatic imine (C=N–C) groups is 1. The average Bonchev–Trinajstić information content (AvgIpc) is 3.43. The van der Waals surface area contributed by atoms with Crippen LogP contribution < -0.4 is 15.8 Å². The molecule has 4 rings (SSSR count). The van der Waals surface area contributed by atoms with Gasteiger partial charge in [-0.2, -0.15) is 0 Å². The highest BCUT2D eigenvalue weighted by Crippen LogP contribution is 2.39. The van der Waals surface area contributed by atoms with Crippen LogP contribution in [0.5, 0.6) is 0 Å². The van der Waals surface area contributed by atoms with Crippen molar-refractivity contribution in [3.63, 3.8) is 0 Å². The van der Waals surface area contributed by atoms with Crippen LogP contribution in [0, 0.1) is 5.82 Å². The highest BCUT2D eigenvalue weighted by Gasteiger charge is 2.29. The first-order valence-electron chi connectivity index (χ1n) is 12.1. The van der Waals surface area contributed by atoms with Gasteiger partial charge in [0.05, 0.1) is 22.7 Å². The van der Waals surface area contributed by atoms with Gasteiger partial charge in [0.25, 0.3) is 0 Å². The van der Waals surface area contributed by atoms with E-state index in [2.05, 4.69) is 32.8 Å². The van der Waals surface area contributed by atoms with E-state index in [0.29, 0.717) is 36.5 Å². The molecular weight excluding hydrogens is 465 g/mol. The Morgan fingerprint density at radius 2 is 2.14 bits per heavy atom. The third-order valence-corrected chi connectivity index (χ3v) is 8.24. The Hall–Kier alpha value is -2.91. The molecule has 1 aliphatic heterocycles. The highest BCUT2D eigenvalue weighted by molar-refractivity contribution is 7.93. The molecule has 0 amide bonds. The first kappa shape index (κ1) is 25.2. The number of nitrogens with two attached hydrogens (primary N) is 1. The van der Waals surface area contributed by atoms with Gasteiger partial charge in [0, 0.05) is 23.7 Å². The summed E-state index contributed by atoms with van der Waals surface area (Å²) in [6.45, 7) is 9.51. The summed E-state index contributed by atoms with van der Waals surface area (Å²) in [5, 5.41) is 3.84. The van der Waals surface area contributed by atoms with E-state index < -0.39 is 10.0 Å². The first-order valence-corrected chi connectivity index (χ1v) is 13.6. The second-order valence-electron chi connectivity index (χ2n) is 9.50. The third-order valence-electron chi connectivity index (χ3n) is 6.66.